The third kappa shape index (κ3) is 1.92. The van der Waals surface area contributed by atoms with Gasteiger partial charge in [0, 0.05) is 6.04 Å². The summed E-state index contributed by atoms with van der Waals surface area (Å²) in [7, 11) is 1.31. The summed E-state index contributed by atoms with van der Waals surface area (Å²) >= 11 is 0. The van der Waals surface area contributed by atoms with E-state index in [2.05, 4.69) is 0 Å². The van der Waals surface area contributed by atoms with Crippen LogP contribution in [0.15, 0.2) is 24.3 Å². The summed E-state index contributed by atoms with van der Waals surface area (Å²) in [5, 5.41) is 0. The van der Waals surface area contributed by atoms with E-state index in [-0.39, 0.29) is 18.5 Å². The summed E-state index contributed by atoms with van der Waals surface area (Å²) in [6, 6.07) is 7.39. The Morgan fingerprint density at radius 3 is 2.44 bits per heavy atom. The minimum Gasteiger partial charge on any atom is -0.452 e. The lowest BCUT2D eigenvalue weighted by molar-refractivity contribution is -0.117. The number of hydrogen-bond acceptors (Lipinski definition) is 3. The molecule has 1 aliphatic heterocycles. The molecular formula is C13H16N2O3. The maximum Gasteiger partial charge on any atom is 0.414 e. The number of carbonyl (C=O) groups is 2. The summed E-state index contributed by atoms with van der Waals surface area (Å²) in [6.07, 6.45) is -0.515. The molecule has 1 aromatic carbocycles. The minimum atomic E-state index is -0.515. The summed E-state index contributed by atoms with van der Waals surface area (Å²) in [6.45, 7) is 3.91. The predicted molar refractivity (Wildman–Crippen MR) is 68.8 cm³/mol. The first-order valence-corrected chi connectivity index (χ1v) is 5.83. The number of methoxy groups -OCH3 is 1. The molecule has 0 N–H and O–H groups in total. The molecule has 1 aromatic rings. The molecule has 0 fully saturated rings. The van der Waals surface area contributed by atoms with Crippen molar-refractivity contribution in [1.82, 2.24) is 0 Å². The van der Waals surface area contributed by atoms with Crippen LogP contribution in [0.25, 0.3) is 0 Å². The molecule has 0 spiro atoms. The van der Waals surface area contributed by atoms with E-state index in [0.717, 1.165) is 5.69 Å². The zero-order valence-corrected chi connectivity index (χ0v) is 10.7. The second-order valence-corrected chi connectivity index (χ2v) is 4.40. The summed E-state index contributed by atoms with van der Waals surface area (Å²) in [5.74, 6) is -0.103. The van der Waals surface area contributed by atoms with E-state index in [1.807, 2.05) is 38.1 Å². The van der Waals surface area contributed by atoms with Crippen molar-refractivity contribution in [2.24, 2.45) is 0 Å². The van der Waals surface area contributed by atoms with E-state index in [1.54, 1.807) is 4.90 Å². The van der Waals surface area contributed by atoms with Crippen molar-refractivity contribution in [3.63, 3.8) is 0 Å². The van der Waals surface area contributed by atoms with Gasteiger partial charge in [-0.1, -0.05) is 12.1 Å². The molecular weight excluding hydrogens is 232 g/mol. The SMILES string of the molecule is COC(=O)N1CC(=O)N(C(C)C)c2ccccc21. The molecule has 2 amide bonds. The zero-order chi connectivity index (χ0) is 13.3. The van der Waals surface area contributed by atoms with Gasteiger partial charge in [-0.2, -0.15) is 0 Å². The molecule has 0 aromatic heterocycles. The van der Waals surface area contributed by atoms with Crippen molar-refractivity contribution in [2.75, 3.05) is 23.5 Å². The first-order valence-electron chi connectivity index (χ1n) is 5.83. The largest absolute Gasteiger partial charge is 0.452 e. The van der Waals surface area contributed by atoms with Gasteiger partial charge in [0.1, 0.15) is 6.54 Å². The quantitative estimate of drug-likeness (QED) is 0.764. The van der Waals surface area contributed by atoms with Crippen LogP contribution >= 0.6 is 0 Å². The molecule has 18 heavy (non-hydrogen) atoms. The van der Waals surface area contributed by atoms with Crippen LogP contribution in [-0.2, 0) is 9.53 Å². The number of amides is 2. The van der Waals surface area contributed by atoms with Gasteiger partial charge in [-0.3, -0.25) is 9.69 Å². The highest BCUT2D eigenvalue weighted by Crippen LogP contribution is 2.34. The Morgan fingerprint density at radius 2 is 1.89 bits per heavy atom. The lowest BCUT2D eigenvalue weighted by Gasteiger charge is -2.37. The van der Waals surface area contributed by atoms with Crippen LogP contribution in [0.2, 0.25) is 0 Å². The van der Waals surface area contributed by atoms with Gasteiger partial charge in [-0.25, -0.2) is 4.79 Å². The monoisotopic (exact) mass is 248 g/mol. The van der Waals surface area contributed by atoms with Crippen LogP contribution in [0, 0.1) is 0 Å². The van der Waals surface area contributed by atoms with E-state index >= 15 is 0 Å². The molecule has 0 saturated carbocycles. The molecule has 0 saturated heterocycles. The summed E-state index contributed by atoms with van der Waals surface area (Å²) < 4.78 is 4.71. The van der Waals surface area contributed by atoms with Gasteiger partial charge in [0.05, 0.1) is 18.5 Å². The molecule has 5 heteroatoms. The predicted octanol–water partition coefficient (Wildman–Crippen LogP) is 2.01. The van der Waals surface area contributed by atoms with Crippen LogP contribution < -0.4 is 9.80 Å². The Labute approximate surface area is 106 Å². The molecule has 0 atom stereocenters. The third-order valence-electron chi connectivity index (χ3n) is 2.91. The number of nitrogens with zero attached hydrogens (tertiary/aromatic N) is 2. The highest BCUT2D eigenvalue weighted by Gasteiger charge is 2.33. The topological polar surface area (TPSA) is 49.9 Å². The molecule has 1 heterocycles. The number of anilines is 2. The standard InChI is InChI=1S/C13H16N2O3/c1-9(2)15-11-7-5-4-6-10(11)14(8-12(15)16)13(17)18-3/h4-7,9H,8H2,1-3H3. The maximum absolute atomic E-state index is 12.1. The van der Waals surface area contributed by atoms with E-state index in [4.69, 9.17) is 4.74 Å². The number of rotatable bonds is 1. The number of para-hydroxylation sites is 2. The first-order chi connectivity index (χ1) is 8.56. The van der Waals surface area contributed by atoms with Gasteiger partial charge < -0.3 is 9.64 Å². The Balaban J connectivity index is 2.51. The fraction of sp³-hybridized carbons (Fsp3) is 0.385. The number of hydrogen-bond donors (Lipinski definition) is 0. The average molecular weight is 248 g/mol. The van der Waals surface area contributed by atoms with Crippen molar-refractivity contribution in [1.29, 1.82) is 0 Å². The average Bonchev–Trinajstić information content (AvgIpc) is 2.36. The Bertz CT molecular complexity index is 485. The molecule has 5 nitrogen and oxygen atoms in total. The summed E-state index contributed by atoms with van der Waals surface area (Å²) in [4.78, 5) is 26.9. The molecule has 96 valence electrons. The van der Waals surface area contributed by atoms with E-state index in [0.29, 0.717) is 5.69 Å². The number of benzene rings is 1. The van der Waals surface area contributed by atoms with E-state index in [1.165, 1.54) is 12.0 Å². The van der Waals surface area contributed by atoms with Gasteiger partial charge >= 0.3 is 6.09 Å². The Hall–Kier alpha value is -2.04. The fourth-order valence-corrected chi connectivity index (χ4v) is 2.17. The number of ether oxygens (including phenoxy) is 1. The van der Waals surface area contributed by atoms with Crippen molar-refractivity contribution in [3.8, 4) is 0 Å². The van der Waals surface area contributed by atoms with Crippen molar-refractivity contribution in [2.45, 2.75) is 19.9 Å². The second-order valence-electron chi connectivity index (χ2n) is 4.40. The van der Waals surface area contributed by atoms with E-state index in [9.17, 15) is 9.59 Å². The van der Waals surface area contributed by atoms with Gasteiger partial charge in [-0.15, -0.1) is 0 Å². The number of carbonyl (C=O) groups excluding carboxylic acids is 2. The van der Waals surface area contributed by atoms with Crippen LogP contribution in [-0.4, -0.2) is 31.7 Å². The van der Waals surface area contributed by atoms with Crippen LogP contribution in [0.1, 0.15) is 13.8 Å². The van der Waals surface area contributed by atoms with Crippen molar-refractivity contribution >= 4 is 23.4 Å². The lowest BCUT2D eigenvalue weighted by Crippen LogP contribution is -2.50. The Morgan fingerprint density at radius 1 is 1.28 bits per heavy atom. The Kier molecular flexibility index (Phi) is 3.23. The molecule has 0 aliphatic carbocycles. The molecule has 2 rings (SSSR count). The normalized spacial score (nSPS) is 14.8. The molecule has 0 bridgehead atoms. The summed E-state index contributed by atoms with van der Waals surface area (Å²) in [5.41, 5.74) is 1.45. The molecule has 0 unspecified atom stereocenters. The lowest BCUT2D eigenvalue weighted by atomic mass is 10.1. The van der Waals surface area contributed by atoms with Crippen molar-refractivity contribution in [3.05, 3.63) is 24.3 Å². The van der Waals surface area contributed by atoms with Gasteiger partial charge in [0.25, 0.3) is 0 Å². The second kappa shape index (κ2) is 4.68. The van der Waals surface area contributed by atoms with Crippen molar-refractivity contribution < 1.29 is 14.3 Å². The number of fused-ring (bicyclic) bond motifs is 1. The van der Waals surface area contributed by atoms with E-state index < -0.39 is 6.09 Å². The highest BCUT2D eigenvalue weighted by molar-refractivity contribution is 6.09. The smallest absolute Gasteiger partial charge is 0.414 e. The van der Waals surface area contributed by atoms with Gasteiger partial charge in [-0.05, 0) is 26.0 Å². The van der Waals surface area contributed by atoms with Crippen LogP contribution in [0.3, 0.4) is 0 Å². The maximum atomic E-state index is 12.1. The van der Waals surface area contributed by atoms with Crippen LogP contribution in [0.4, 0.5) is 16.2 Å². The van der Waals surface area contributed by atoms with Gasteiger partial charge in [0.2, 0.25) is 5.91 Å². The zero-order valence-electron chi connectivity index (χ0n) is 10.7. The van der Waals surface area contributed by atoms with Gasteiger partial charge in [0.15, 0.2) is 0 Å². The third-order valence-corrected chi connectivity index (χ3v) is 2.91. The highest BCUT2D eigenvalue weighted by atomic mass is 16.5. The van der Waals surface area contributed by atoms with Crippen LogP contribution in [0.5, 0.6) is 0 Å². The molecule has 0 radical (unpaired) electrons. The minimum absolute atomic E-state index is 0.0157. The molecule has 1 aliphatic rings. The fourth-order valence-electron chi connectivity index (χ4n) is 2.17. The first kappa shape index (κ1) is 12.4.